The average Bonchev–Trinajstić information content (AvgIpc) is 2.86. The minimum absolute atomic E-state index is 0.00387. The molecule has 0 atom stereocenters. The molecule has 0 fully saturated rings. The molecule has 17 heteroatoms. The van der Waals surface area contributed by atoms with Gasteiger partial charge < -0.3 is 15.8 Å². The highest BCUT2D eigenvalue weighted by Gasteiger charge is 2.36. The number of rotatable bonds is 9. The Bertz CT molecular complexity index is 1900. The van der Waals surface area contributed by atoms with Crippen molar-refractivity contribution in [3.63, 3.8) is 0 Å². The maximum absolute atomic E-state index is 13.5. The summed E-state index contributed by atoms with van der Waals surface area (Å²) in [4.78, 5) is 25.6. The molecule has 1 aliphatic rings. The molecule has 4 rings (SSSR count). The first-order valence-corrected chi connectivity index (χ1v) is 15.4. The molecule has 14 nitrogen and oxygen atoms in total. The van der Waals surface area contributed by atoms with E-state index in [9.17, 15) is 39.4 Å². The van der Waals surface area contributed by atoms with Crippen LogP contribution in [0.4, 0.5) is 17.1 Å². The highest BCUT2D eigenvalue weighted by Crippen LogP contribution is 2.41. The Hall–Kier alpha value is -3.87. The van der Waals surface area contributed by atoms with Crippen molar-refractivity contribution >= 4 is 59.0 Å². The number of fused-ring (bicyclic) bond motifs is 2. The van der Waals surface area contributed by atoms with E-state index in [-0.39, 0.29) is 38.7 Å². The first kappa shape index (κ1) is 29.1. The van der Waals surface area contributed by atoms with Gasteiger partial charge in [-0.15, -0.1) is 0 Å². The lowest BCUT2D eigenvalue weighted by atomic mass is 9.82. The highest BCUT2D eigenvalue weighted by atomic mass is 32.3. The molecular formula is C23H20N2O12S3. The first-order valence-electron chi connectivity index (χ1n) is 11.0. The van der Waals surface area contributed by atoms with Crippen molar-refractivity contribution in [2.24, 2.45) is 0 Å². The third kappa shape index (κ3) is 5.55. The molecule has 0 aromatic heterocycles. The molecule has 5 N–H and O–H groups in total. The quantitative estimate of drug-likeness (QED) is 0.155. The summed E-state index contributed by atoms with van der Waals surface area (Å²) in [5.74, 6) is -2.32. The zero-order chi connectivity index (χ0) is 29.6. The lowest BCUT2D eigenvalue weighted by Crippen LogP contribution is -2.25. The van der Waals surface area contributed by atoms with Crippen LogP contribution in [0.1, 0.15) is 31.8 Å². The smallest absolute Gasteiger partial charge is 0.397 e. The lowest BCUT2D eigenvalue weighted by Gasteiger charge is -2.24. The van der Waals surface area contributed by atoms with Crippen LogP contribution in [0, 0.1) is 0 Å². The minimum Gasteiger partial charge on any atom is -0.495 e. The molecule has 0 aliphatic heterocycles. The second kappa shape index (κ2) is 10.3. The molecule has 0 saturated carbocycles. The fraction of sp³-hybridized carbons (Fsp3) is 0.130. The van der Waals surface area contributed by atoms with E-state index < -0.39 is 70.4 Å². The van der Waals surface area contributed by atoms with E-state index in [1.165, 1.54) is 37.4 Å². The number of sulfone groups is 1. The molecule has 0 bridgehead atoms. The average molecular weight is 613 g/mol. The van der Waals surface area contributed by atoms with Gasteiger partial charge >= 0.3 is 10.4 Å². The van der Waals surface area contributed by atoms with Gasteiger partial charge in [0, 0.05) is 11.1 Å². The standard InChI is InChI=1S/C23H20N2O12S3/c1-36-17-7-6-12(38(28,29)9-8-37-40(33,34)35)10-15(17)25-16-11-18(39(30,31)32)21(24)20-19(16)22(26)13-4-2-3-5-14(13)23(20)27/h2-7,10-11,25H,8-9,24H2,1H3,(H,30,31,32)(H,33,34,35). The Kier molecular flexibility index (Phi) is 7.48. The summed E-state index contributed by atoms with van der Waals surface area (Å²) in [5, 5.41) is 2.71. The Morgan fingerprint density at radius 1 is 0.850 bits per heavy atom. The number of nitrogen functional groups attached to an aromatic ring is 1. The summed E-state index contributed by atoms with van der Waals surface area (Å²) >= 11 is 0. The zero-order valence-electron chi connectivity index (χ0n) is 20.3. The number of carbonyl (C=O) groups excluding carboxylic acids is 2. The number of ether oxygens (including phenoxy) is 1. The van der Waals surface area contributed by atoms with E-state index >= 15 is 0 Å². The molecule has 1 aliphatic carbocycles. The van der Waals surface area contributed by atoms with Gasteiger partial charge in [-0.25, -0.2) is 12.6 Å². The molecule has 3 aromatic carbocycles. The fourth-order valence-electron chi connectivity index (χ4n) is 4.10. The van der Waals surface area contributed by atoms with Crippen molar-refractivity contribution in [1.29, 1.82) is 0 Å². The Labute approximate surface area is 228 Å². The van der Waals surface area contributed by atoms with Gasteiger partial charge in [-0.2, -0.15) is 16.8 Å². The third-order valence-corrected chi connectivity index (χ3v) is 8.90. The van der Waals surface area contributed by atoms with Gasteiger partial charge in [0.2, 0.25) is 0 Å². The van der Waals surface area contributed by atoms with Crippen LogP contribution in [0.25, 0.3) is 0 Å². The number of carbonyl (C=O) groups is 2. The number of nitrogens with one attached hydrogen (secondary N) is 1. The molecule has 40 heavy (non-hydrogen) atoms. The molecule has 0 heterocycles. The van der Waals surface area contributed by atoms with Crippen LogP contribution < -0.4 is 15.8 Å². The van der Waals surface area contributed by atoms with Gasteiger partial charge in [0.25, 0.3) is 10.1 Å². The third-order valence-electron chi connectivity index (χ3n) is 5.86. The van der Waals surface area contributed by atoms with Gasteiger partial charge in [0.05, 0.1) is 52.6 Å². The van der Waals surface area contributed by atoms with Gasteiger partial charge in [-0.1, -0.05) is 24.3 Å². The van der Waals surface area contributed by atoms with Crippen LogP contribution >= 0.6 is 0 Å². The van der Waals surface area contributed by atoms with E-state index in [0.29, 0.717) is 0 Å². The molecule has 212 valence electrons. The monoisotopic (exact) mass is 612 g/mol. The molecule has 0 amide bonds. The Balaban J connectivity index is 1.88. The number of hydrogen-bond donors (Lipinski definition) is 4. The normalized spacial score (nSPS) is 13.5. The predicted molar refractivity (Wildman–Crippen MR) is 140 cm³/mol. The topological polar surface area (TPSA) is 234 Å². The van der Waals surface area contributed by atoms with Crippen LogP contribution in [-0.4, -0.2) is 65.4 Å². The number of hydrogen-bond acceptors (Lipinski definition) is 12. The number of methoxy groups -OCH3 is 1. The largest absolute Gasteiger partial charge is 0.495 e. The summed E-state index contributed by atoms with van der Waals surface area (Å²) in [7, 11) is -12.9. The summed E-state index contributed by atoms with van der Waals surface area (Å²) in [6.45, 7) is -0.894. The second-order valence-electron chi connectivity index (χ2n) is 8.32. The maximum atomic E-state index is 13.5. The van der Waals surface area contributed by atoms with Crippen molar-refractivity contribution < 1.29 is 52.9 Å². The summed E-state index contributed by atoms with van der Waals surface area (Å²) < 4.78 is 99.1. The van der Waals surface area contributed by atoms with E-state index in [1.54, 1.807) is 0 Å². The van der Waals surface area contributed by atoms with Crippen molar-refractivity contribution in [2.75, 3.05) is 30.5 Å². The van der Waals surface area contributed by atoms with Gasteiger partial charge in [-0.05, 0) is 24.3 Å². The highest BCUT2D eigenvalue weighted by molar-refractivity contribution is 7.91. The molecule has 3 aromatic rings. The van der Waals surface area contributed by atoms with E-state index in [1.807, 2.05) is 0 Å². The number of benzene rings is 3. The van der Waals surface area contributed by atoms with Crippen LogP contribution in [0.3, 0.4) is 0 Å². The van der Waals surface area contributed by atoms with Crippen LogP contribution in [0.15, 0.2) is 58.3 Å². The number of anilines is 3. The predicted octanol–water partition coefficient (Wildman–Crippen LogP) is 1.64. The first-order chi connectivity index (χ1) is 18.5. The van der Waals surface area contributed by atoms with E-state index in [4.69, 9.17) is 15.0 Å². The SMILES string of the molecule is COc1ccc(S(=O)(=O)CCOS(=O)(=O)O)cc1Nc1cc(S(=O)(=O)O)c(N)c2c1C(=O)c1ccccc1C2=O. The molecule has 0 radical (unpaired) electrons. The fourth-order valence-corrected chi connectivity index (χ4v) is 6.25. The van der Waals surface area contributed by atoms with Gasteiger partial charge in [-0.3, -0.25) is 18.7 Å². The molecule has 0 saturated heterocycles. The summed E-state index contributed by atoms with van der Waals surface area (Å²) in [5.41, 5.74) is 4.03. The maximum Gasteiger partial charge on any atom is 0.397 e. The van der Waals surface area contributed by atoms with Crippen molar-refractivity contribution in [2.45, 2.75) is 9.79 Å². The van der Waals surface area contributed by atoms with Crippen LogP contribution in [0.2, 0.25) is 0 Å². The minimum atomic E-state index is -5.01. The van der Waals surface area contributed by atoms with Gasteiger partial charge in [0.15, 0.2) is 21.4 Å². The molecule has 0 unspecified atom stereocenters. The van der Waals surface area contributed by atoms with E-state index in [2.05, 4.69) is 9.50 Å². The summed E-state index contributed by atoms with van der Waals surface area (Å²) in [6.07, 6.45) is 0. The van der Waals surface area contributed by atoms with Gasteiger partial charge in [0.1, 0.15) is 10.6 Å². The summed E-state index contributed by atoms with van der Waals surface area (Å²) in [6, 6.07) is 9.96. The zero-order valence-corrected chi connectivity index (χ0v) is 22.8. The lowest BCUT2D eigenvalue weighted by molar-refractivity contribution is 0.0980. The van der Waals surface area contributed by atoms with Crippen LogP contribution in [0.5, 0.6) is 5.75 Å². The van der Waals surface area contributed by atoms with E-state index in [0.717, 1.165) is 18.2 Å². The number of nitrogens with two attached hydrogens (primary N) is 1. The Morgan fingerprint density at radius 2 is 1.45 bits per heavy atom. The molecule has 0 spiro atoms. The Morgan fingerprint density at radius 3 is 2.00 bits per heavy atom. The molecular weight excluding hydrogens is 592 g/mol. The van der Waals surface area contributed by atoms with Crippen molar-refractivity contribution in [1.82, 2.24) is 0 Å². The van der Waals surface area contributed by atoms with Crippen LogP contribution in [-0.2, 0) is 34.5 Å². The van der Waals surface area contributed by atoms with Crippen molar-refractivity contribution in [3.8, 4) is 5.75 Å². The second-order valence-corrected chi connectivity index (χ2v) is 12.9. The number of ketones is 2. The van der Waals surface area contributed by atoms with Crippen molar-refractivity contribution in [3.05, 3.63) is 70.8 Å².